The summed E-state index contributed by atoms with van der Waals surface area (Å²) >= 11 is 0. The Hall–Kier alpha value is -2.02. The summed E-state index contributed by atoms with van der Waals surface area (Å²) in [5.74, 6) is -0.252. The van der Waals surface area contributed by atoms with Gasteiger partial charge >= 0.3 is 0 Å². The molecular formula is C12H17N5O2. The summed E-state index contributed by atoms with van der Waals surface area (Å²) in [7, 11) is 1.61. The van der Waals surface area contributed by atoms with E-state index in [2.05, 4.69) is 15.5 Å². The van der Waals surface area contributed by atoms with Gasteiger partial charge in [-0.05, 0) is 6.07 Å². The molecular weight excluding hydrogens is 246 g/mol. The van der Waals surface area contributed by atoms with Crippen molar-refractivity contribution in [2.45, 2.75) is 0 Å². The second-order valence-electron chi connectivity index (χ2n) is 4.42. The van der Waals surface area contributed by atoms with Crippen molar-refractivity contribution >= 4 is 11.8 Å². The van der Waals surface area contributed by atoms with Crippen LogP contribution in [-0.4, -0.2) is 71.6 Å². The fourth-order valence-electron chi connectivity index (χ4n) is 1.93. The van der Waals surface area contributed by atoms with Gasteiger partial charge in [-0.25, -0.2) is 0 Å². The van der Waals surface area contributed by atoms with Crippen molar-refractivity contribution < 1.29 is 9.59 Å². The third-order valence-corrected chi connectivity index (χ3v) is 3.02. The molecule has 7 heteroatoms. The van der Waals surface area contributed by atoms with Crippen LogP contribution in [-0.2, 0) is 4.79 Å². The minimum atomic E-state index is -0.224. The Kier molecular flexibility index (Phi) is 4.40. The van der Waals surface area contributed by atoms with Gasteiger partial charge in [-0.1, -0.05) is 0 Å². The van der Waals surface area contributed by atoms with Gasteiger partial charge in [-0.2, -0.15) is 10.2 Å². The zero-order valence-corrected chi connectivity index (χ0v) is 10.9. The Balaban J connectivity index is 1.91. The molecule has 0 unspecified atom stereocenters. The van der Waals surface area contributed by atoms with Crippen LogP contribution >= 0.6 is 0 Å². The quantitative estimate of drug-likeness (QED) is 0.755. The zero-order chi connectivity index (χ0) is 13.7. The fraction of sp³-hybridized carbons (Fsp3) is 0.500. The second-order valence-corrected chi connectivity index (χ2v) is 4.42. The number of hydrogen-bond acceptors (Lipinski definition) is 5. The molecule has 0 bridgehead atoms. The molecule has 1 aliphatic rings. The van der Waals surface area contributed by atoms with Crippen molar-refractivity contribution in [2.75, 3.05) is 39.8 Å². The number of carbonyl (C=O) groups is 2. The van der Waals surface area contributed by atoms with Gasteiger partial charge in [0.1, 0.15) is 0 Å². The van der Waals surface area contributed by atoms with E-state index in [0.29, 0.717) is 18.7 Å². The average Bonchev–Trinajstić information content (AvgIpc) is 2.48. The Morgan fingerprint density at radius 1 is 1.37 bits per heavy atom. The van der Waals surface area contributed by atoms with Crippen LogP contribution in [0, 0.1) is 0 Å². The first-order valence-corrected chi connectivity index (χ1v) is 6.19. The lowest BCUT2D eigenvalue weighted by Crippen LogP contribution is -2.49. The highest BCUT2D eigenvalue weighted by molar-refractivity contribution is 5.95. The molecule has 102 valence electrons. The van der Waals surface area contributed by atoms with Crippen LogP contribution in [0.2, 0.25) is 0 Å². The molecule has 0 atom stereocenters. The van der Waals surface area contributed by atoms with Crippen LogP contribution in [0.4, 0.5) is 0 Å². The summed E-state index contributed by atoms with van der Waals surface area (Å²) in [6.07, 6.45) is 2.85. The molecule has 2 rings (SSSR count). The van der Waals surface area contributed by atoms with Crippen molar-refractivity contribution in [3.63, 3.8) is 0 Å². The molecule has 2 amide bonds. The Bertz CT molecular complexity index is 445. The first-order chi connectivity index (χ1) is 9.18. The van der Waals surface area contributed by atoms with Crippen molar-refractivity contribution in [1.29, 1.82) is 0 Å². The smallest absolute Gasteiger partial charge is 0.255 e. The van der Waals surface area contributed by atoms with Gasteiger partial charge in [-0.3, -0.25) is 9.59 Å². The molecule has 0 spiro atoms. The fourth-order valence-corrected chi connectivity index (χ4v) is 1.93. The highest BCUT2D eigenvalue weighted by atomic mass is 16.2. The molecule has 1 aromatic heterocycles. The third kappa shape index (κ3) is 3.47. The number of rotatable bonds is 3. The van der Waals surface area contributed by atoms with Crippen LogP contribution in [0.3, 0.4) is 0 Å². The molecule has 1 aliphatic heterocycles. The van der Waals surface area contributed by atoms with Gasteiger partial charge < -0.3 is 15.1 Å². The summed E-state index contributed by atoms with van der Waals surface area (Å²) in [6, 6.07) is 1.58. The average molecular weight is 263 g/mol. The standard InChI is InChI=1S/C12H17N5O2/c1-16(12(19)10-2-3-14-15-8-10)9-11(18)17-6-4-13-5-7-17/h2-3,8,13H,4-7,9H2,1H3. The molecule has 1 N–H and O–H groups in total. The van der Waals surface area contributed by atoms with Gasteiger partial charge in [0.05, 0.1) is 24.5 Å². The number of nitrogens with zero attached hydrogens (tertiary/aromatic N) is 4. The van der Waals surface area contributed by atoms with Gasteiger partial charge in [0.25, 0.3) is 5.91 Å². The highest BCUT2D eigenvalue weighted by Crippen LogP contribution is 2.02. The second kappa shape index (κ2) is 6.24. The van der Waals surface area contributed by atoms with Gasteiger partial charge in [0, 0.05) is 33.2 Å². The number of hydrogen-bond donors (Lipinski definition) is 1. The first kappa shape index (κ1) is 13.4. The van der Waals surface area contributed by atoms with E-state index in [-0.39, 0.29) is 18.4 Å². The maximum absolute atomic E-state index is 12.0. The molecule has 0 aliphatic carbocycles. The summed E-state index contributed by atoms with van der Waals surface area (Å²) in [6.45, 7) is 3.08. The Morgan fingerprint density at radius 2 is 2.11 bits per heavy atom. The van der Waals surface area contributed by atoms with Gasteiger partial charge in [-0.15, -0.1) is 0 Å². The summed E-state index contributed by atoms with van der Waals surface area (Å²) < 4.78 is 0. The largest absolute Gasteiger partial charge is 0.339 e. The van der Waals surface area contributed by atoms with E-state index >= 15 is 0 Å². The topological polar surface area (TPSA) is 78.4 Å². The van der Waals surface area contributed by atoms with E-state index in [1.807, 2.05) is 0 Å². The molecule has 1 saturated heterocycles. The van der Waals surface area contributed by atoms with Crippen molar-refractivity contribution in [2.24, 2.45) is 0 Å². The number of likely N-dealkylation sites (N-methyl/N-ethyl adjacent to an activating group) is 1. The van der Waals surface area contributed by atoms with E-state index in [0.717, 1.165) is 13.1 Å². The number of piperazine rings is 1. The number of carbonyl (C=O) groups excluding carboxylic acids is 2. The van der Waals surface area contributed by atoms with Crippen LogP contribution < -0.4 is 5.32 Å². The number of aromatic nitrogens is 2. The van der Waals surface area contributed by atoms with Crippen LogP contribution in [0.15, 0.2) is 18.5 Å². The highest BCUT2D eigenvalue weighted by Gasteiger charge is 2.20. The van der Waals surface area contributed by atoms with Crippen LogP contribution in [0.25, 0.3) is 0 Å². The molecule has 0 radical (unpaired) electrons. The van der Waals surface area contributed by atoms with E-state index < -0.39 is 0 Å². The lowest BCUT2D eigenvalue weighted by molar-refractivity contribution is -0.132. The van der Waals surface area contributed by atoms with Crippen LogP contribution in [0.5, 0.6) is 0 Å². The van der Waals surface area contributed by atoms with E-state index in [9.17, 15) is 9.59 Å². The molecule has 1 aromatic rings. The minimum Gasteiger partial charge on any atom is -0.339 e. The lowest BCUT2D eigenvalue weighted by atomic mass is 10.2. The SMILES string of the molecule is CN(CC(=O)N1CCNCC1)C(=O)c1ccnnc1. The van der Waals surface area contributed by atoms with Gasteiger partial charge in [0.15, 0.2) is 0 Å². The summed E-state index contributed by atoms with van der Waals surface area (Å²) in [5, 5.41) is 10.5. The van der Waals surface area contributed by atoms with Crippen molar-refractivity contribution in [3.8, 4) is 0 Å². The molecule has 1 fully saturated rings. The van der Waals surface area contributed by atoms with Gasteiger partial charge in [0.2, 0.25) is 5.91 Å². The maximum Gasteiger partial charge on any atom is 0.255 e. The van der Waals surface area contributed by atoms with E-state index in [4.69, 9.17) is 0 Å². The zero-order valence-electron chi connectivity index (χ0n) is 10.9. The van der Waals surface area contributed by atoms with Crippen molar-refractivity contribution in [3.05, 3.63) is 24.0 Å². The first-order valence-electron chi connectivity index (χ1n) is 6.19. The molecule has 0 saturated carbocycles. The predicted octanol–water partition coefficient (Wildman–Crippen LogP) is -1.02. The van der Waals surface area contributed by atoms with E-state index in [1.54, 1.807) is 18.0 Å². The Labute approximate surface area is 111 Å². The monoisotopic (exact) mass is 263 g/mol. The normalized spacial score (nSPS) is 15.1. The number of amides is 2. The van der Waals surface area contributed by atoms with E-state index in [1.165, 1.54) is 17.3 Å². The third-order valence-electron chi connectivity index (χ3n) is 3.02. The van der Waals surface area contributed by atoms with Crippen molar-refractivity contribution in [1.82, 2.24) is 25.3 Å². The summed E-state index contributed by atoms with van der Waals surface area (Å²) in [4.78, 5) is 27.2. The molecule has 7 nitrogen and oxygen atoms in total. The lowest BCUT2D eigenvalue weighted by Gasteiger charge is -2.29. The Morgan fingerprint density at radius 3 is 2.74 bits per heavy atom. The maximum atomic E-state index is 12.0. The molecule has 19 heavy (non-hydrogen) atoms. The predicted molar refractivity (Wildman–Crippen MR) is 68.4 cm³/mol. The summed E-state index contributed by atoms with van der Waals surface area (Å²) in [5.41, 5.74) is 0.436. The number of nitrogens with one attached hydrogen (secondary N) is 1. The van der Waals surface area contributed by atoms with Crippen LogP contribution in [0.1, 0.15) is 10.4 Å². The minimum absolute atomic E-state index is 0.0284. The molecule has 0 aromatic carbocycles. The molecule has 2 heterocycles.